The molecule has 318 valence electrons. The molecule has 2 nitrogen and oxygen atoms in total. The molecule has 0 bridgehead atoms. The fourth-order valence-electron chi connectivity index (χ4n) is 12.7. The van der Waals surface area contributed by atoms with Crippen LogP contribution in [0, 0.1) is 0 Å². The molecule has 0 amide bonds. The minimum absolute atomic E-state index is 0.0597. The van der Waals surface area contributed by atoms with E-state index in [0.29, 0.717) is 0 Å². The van der Waals surface area contributed by atoms with E-state index in [0.717, 1.165) is 25.7 Å². The van der Waals surface area contributed by atoms with Gasteiger partial charge in [-0.25, -0.2) is 0 Å². The minimum atomic E-state index is -0.432. The van der Waals surface area contributed by atoms with E-state index in [2.05, 4.69) is 240 Å². The largest absolute Gasteiger partial charge is 0.337 e. The average Bonchev–Trinajstić information content (AvgIpc) is 4.01. The average molecular weight is 857 g/mol. The molecule has 2 atom stereocenters. The van der Waals surface area contributed by atoms with E-state index < -0.39 is 5.41 Å². The lowest BCUT2D eigenvalue weighted by molar-refractivity contribution is 0.596. The number of aromatic nitrogens is 1. The minimum Gasteiger partial charge on any atom is -0.337 e. The van der Waals surface area contributed by atoms with Crippen molar-refractivity contribution in [2.75, 3.05) is 4.90 Å². The molecule has 0 saturated carbocycles. The third kappa shape index (κ3) is 5.63. The van der Waals surface area contributed by atoms with Crippen molar-refractivity contribution in [3.8, 4) is 33.4 Å². The van der Waals surface area contributed by atoms with E-state index in [9.17, 15) is 0 Å². The van der Waals surface area contributed by atoms with Crippen LogP contribution in [-0.2, 0) is 11.8 Å². The first-order chi connectivity index (χ1) is 33.3. The second-order valence-electron chi connectivity index (χ2n) is 18.9. The van der Waals surface area contributed by atoms with Crippen LogP contribution in [-0.4, -0.2) is 10.6 Å². The maximum Gasteiger partial charge on any atom is 0.0726 e. The van der Waals surface area contributed by atoms with Crippen molar-refractivity contribution >= 4 is 39.1 Å². The first kappa shape index (κ1) is 38.3. The van der Waals surface area contributed by atoms with Gasteiger partial charge in [0.2, 0.25) is 0 Å². The van der Waals surface area contributed by atoms with Gasteiger partial charge in [-0.2, -0.15) is 0 Å². The molecule has 1 heterocycles. The predicted octanol–water partition coefficient (Wildman–Crippen LogP) is 16.3. The van der Waals surface area contributed by atoms with Crippen molar-refractivity contribution in [3.05, 3.63) is 269 Å². The van der Waals surface area contributed by atoms with Crippen molar-refractivity contribution in [2.24, 2.45) is 0 Å². The zero-order valence-electron chi connectivity index (χ0n) is 37.3. The Kier molecular flexibility index (Phi) is 8.61. The van der Waals surface area contributed by atoms with Gasteiger partial charge in [-0.1, -0.05) is 206 Å². The van der Waals surface area contributed by atoms with Gasteiger partial charge < -0.3 is 9.47 Å². The van der Waals surface area contributed by atoms with Crippen LogP contribution in [0.25, 0.3) is 61.1 Å². The van der Waals surface area contributed by atoms with Crippen LogP contribution in [0.4, 0.5) is 11.4 Å². The third-order valence-electron chi connectivity index (χ3n) is 15.5. The lowest BCUT2D eigenvalue weighted by atomic mass is 9.70. The molecule has 8 aromatic carbocycles. The molecule has 2 unspecified atom stereocenters. The summed E-state index contributed by atoms with van der Waals surface area (Å²) in [5.74, 6) is 0. The van der Waals surface area contributed by atoms with Crippen molar-refractivity contribution in [2.45, 2.75) is 43.2 Å². The molecule has 0 radical (unpaired) electrons. The smallest absolute Gasteiger partial charge is 0.0726 e. The summed E-state index contributed by atoms with van der Waals surface area (Å²) in [5, 5.41) is 3.87. The Labute approximate surface area is 392 Å². The zero-order chi connectivity index (χ0) is 44.1. The molecule has 0 fully saturated rings. The maximum atomic E-state index is 2.65. The molecule has 0 aliphatic heterocycles. The third-order valence-corrected chi connectivity index (χ3v) is 15.5. The highest BCUT2D eigenvalue weighted by atomic mass is 15.2. The van der Waals surface area contributed by atoms with Crippen LogP contribution in [0.5, 0.6) is 0 Å². The van der Waals surface area contributed by atoms with Gasteiger partial charge in [-0.05, 0) is 122 Å². The molecule has 5 aliphatic carbocycles. The van der Waals surface area contributed by atoms with Gasteiger partial charge in [0.15, 0.2) is 0 Å². The van der Waals surface area contributed by atoms with Crippen molar-refractivity contribution < 1.29 is 0 Å². The number of para-hydroxylation sites is 1. The van der Waals surface area contributed by atoms with E-state index >= 15 is 0 Å². The first-order valence-electron chi connectivity index (χ1n) is 24.1. The van der Waals surface area contributed by atoms with Gasteiger partial charge in [0.05, 0.1) is 23.2 Å². The molecule has 1 aromatic heterocycles. The summed E-state index contributed by atoms with van der Waals surface area (Å²) in [6, 6.07) is 68.7. The Morgan fingerprint density at radius 3 is 1.94 bits per heavy atom. The number of hydrogen-bond acceptors (Lipinski definition) is 1. The van der Waals surface area contributed by atoms with Crippen LogP contribution in [0.1, 0.15) is 58.8 Å². The van der Waals surface area contributed by atoms with Crippen LogP contribution >= 0.6 is 0 Å². The van der Waals surface area contributed by atoms with Crippen LogP contribution < -0.4 is 4.90 Å². The van der Waals surface area contributed by atoms with Crippen molar-refractivity contribution in [3.63, 3.8) is 0 Å². The Morgan fingerprint density at radius 1 is 0.522 bits per heavy atom. The van der Waals surface area contributed by atoms with Gasteiger partial charge >= 0.3 is 0 Å². The van der Waals surface area contributed by atoms with Crippen molar-refractivity contribution in [1.29, 1.82) is 0 Å². The number of fused-ring (bicyclic) bond motifs is 14. The molecular weight excluding hydrogens is 809 g/mol. The molecule has 67 heavy (non-hydrogen) atoms. The van der Waals surface area contributed by atoms with Gasteiger partial charge in [-0.3, -0.25) is 0 Å². The number of allylic oxidation sites excluding steroid dienone is 7. The summed E-state index contributed by atoms with van der Waals surface area (Å²) in [4.78, 5) is 2.65. The highest BCUT2D eigenvalue weighted by Crippen LogP contribution is 2.63. The number of hydrogen-bond donors (Lipinski definition) is 0. The van der Waals surface area contributed by atoms with Crippen LogP contribution in [0.2, 0.25) is 0 Å². The molecule has 0 N–H and O–H groups in total. The molecule has 1 spiro atoms. The molecule has 5 aliphatic rings. The first-order valence-corrected chi connectivity index (χ1v) is 24.1. The monoisotopic (exact) mass is 856 g/mol. The highest BCUT2D eigenvalue weighted by molar-refractivity contribution is 6.05. The standard InChI is InChI=1S/C65H48N2/c1-2-18-45(19-3-1)64-50-22-5-4-17-44(50)35-40-63(64)66(47-36-33-43(34-37-47)46-20-16-21-48(41-46)67-61-31-14-9-26-55(61)56-27-10-15-32-62(56)67)49-38-39-54-53-25-8-13-30-59(53)65(60(54)42-49)57-28-11-6-23-51(57)52-24-7-12-29-58(52)65/h1-14,16-20,22-31,33-36,38-42,47-48H,15,21,32,37H2. The molecule has 14 rings (SSSR count). The van der Waals surface area contributed by atoms with E-state index in [4.69, 9.17) is 0 Å². The Hall–Kier alpha value is -7.94. The van der Waals surface area contributed by atoms with E-state index in [1.807, 2.05) is 0 Å². The Balaban J connectivity index is 0.932. The molecular formula is C65H48N2. The Morgan fingerprint density at radius 2 is 1.19 bits per heavy atom. The number of benzene rings is 8. The zero-order valence-corrected chi connectivity index (χ0v) is 37.3. The van der Waals surface area contributed by atoms with E-state index in [1.165, 1.54) is 111 Å². The van der Waals surface area contributed by atoms with Gasteiger partial charge in [0.1, 0.15) is 0 Å². The fraction of sp³-hybridized carbons (Fsp3) is 0.108. The molecule has 0 saturated heterocycles. The number of anilines is 2. The number of nitrogens with zero attached hydrogens (tertiary/aromatic N) is 2. The lowest BCUT2D eigenvalue weighted by Gasteiger charge is -2.37. The summed E-state index contributed by atoms with van der Waals surface area (Å²) in [6.45, 7) is 0. The molecule has 2 heteroatoms. The predicted molar refractivity (Wildman–Crippen MR) is 280 cm³/mol. The number of rotatable bonds is 6. The van der Waals surface area contributed by atoms with Crippen LogP contribution in [0.3, 0.4) is 0 Å². The normalized spacial score (nSPS) is 18.0. The van der Waals surface area contributed by atoms with Crippen molar-refractivity contribution in [1.82, 2.24) is 4.57 Å². The maximum absolute atomic E-state index is 2.65. The summed E-state index contributed by atoms with van der Waals surface area (Å²) in [7, 11) is 0. The fourth-order valence-corrected chi connectivity index (χ4v) is 12.7. The quantitative estimate of drug-likeness (QED) is 0.162. The summed E-state index contributed by atoms with van der Waals surface area (Å²) < 4.78 is 2.64. The second-order valence-corrected chi connectivity index (χ2v) is 18.9. The van der Waals surface area contributed by atoms with Gasteiger partial charge in [0, 0.05) is 33.4 Å². The Bertz CT molecular complexity index is 3600. The second kappa shape index (κ2) is 15.1. The summed E-state index contributed by atoms with van der Waals surface area (Å²) in [5.41, 5.74) is 22.0. The lowest BCUT2D eigenvalue weighted by Crippen LogP contribution is -2.31. The SMILES string of the molecule is C1=Cc2c(n(C3C=C(C4=CCC(N(c5ccc6c(c5)C5(c7ccccc7-c7ccccc75)c5ccccc5-6)c5ccc6ccccc6c5-c5ccccc5)C=C4)C=CC3)c3ccccc23)CC1. The summed E-state index contributed by atoms with van der Waals surface area (Å²) in [6.07, 6.45) is 23.4. The molecule has 9 aromatic rings. The van der Waals surface area contributed by atoms with Gasteiger partial charge in [-0.15, -0.1) is 0 Å². The van der Waals surface area contributed by atoms with Gasteiger partial charge in [0.25, 0.3) is 0 Å². The highest BCUT2D eigenvalue weighted by Gasteiger charge is 2.51. The van der Waals surface area contributed by atoms with E-state index in [1.54, 1.807) is 0 Å². The topological polar surface area (TPSA) is 8.17 Å². The summed E-state index contributed by atoms with van der Waals surface area (Å²) >= 11 is 0. The van der Waals surface area contributed by atoms with E-state index in [-0.39, 0.29) is 12.1 Å². The van der Waals surface area contributed by atoms with Crippen LogP contribution in [0.15, 0.2) is 236 Å².